The molecule has 1 fully saturated rings. The van der Waals surface area contributed by atoms with Crippen molar-refractivity contribution >= 4 is 5.97 Å². The minimum absolute atomic E-state index is 0.000736. The highest BCUT2D eigenvalue weighted by Crippen LogP contribution is 2.26. The summed E-state index contributed by atoms with van der Waals surface area (Å²) in [5.41, 5.74) is 2.42. The van der Waals surface area contributed by atoms with E-state index in [4.69, 9.17) is 14.2 Å². The number of carbonyl (C=O) groups is 1. The third-order valence-corrected chi connectivity index (χ3v) is 7.97. The van der Waals surface area contributed by atoms with Gasteiger partial charge in [-0.05, 0) is 56.0 Å². The van der Waals surface area contributed by atoms with E-state index in [1.54, 1.807) is 7.11 Å². The second kappa shape index (κ2) is 17.9. The van der Waals surface area contributed by atoms with Crippen LogP contribution in [0.25, 0.3) is 0 Å². The fourth-order valence-corrected chi connectivity index (χ4v) is 5.61. The topological polar surface area (TPSA) is 48.0 Å². The summed E-state index contributed by atoms with van der Waals surface area (Å²) in [6, 6.07) is 16.9. The Labute approximate surface area is 237 Å². The summed E-state index contributed by atoms with van der Waals surface area (Å²) in [6.07, 6.45) is 15.5. The average molecular weight is 538 g/mol. The van der Waals surface area contributed by atoms with Crippen LogP contribution >= 0.6 is 0 Å². The maximum Gasteiger partial charge on any atom is 0.306 e. The molecule has 2 aromatic carbocycles. The molecule has 1 heterocycles. The number of hydrogen-bond acceptors (Lipinski definition) is 5. The number of para-hydroxylation sites is 2. The van der Waals surface area contributed by atoms with Gasteiger partial charge < -0.3 is 14.2 Å². The van der Waals surface area contributed by atoms with Gasteiger partial charge in [0, 0.05) is 25.4 Å². The van der Waals surface area contributed by atoms with Crippen molar-refractivity contribution in [3.05, 3.63) is 59.7 Å². The van der Waals surface area contributed by atoms with Crippen molar-refractivity contribution in [2.24, 2.45) is 0 Å². The highest BCUT2D eigenvalue weighted by molar-refractivity contribution is 5.69. The normalized spacial score (nSPS) is 17.3. The highest BCUT2D eigenvalue weighted by Gasteiger charge is 2.31. The molecule has 2 aromatic rings. The minimum atomic E-state index is -0.0304. The van der Waals surface area contributed by atoms with Crippen LogP contribution in [0.5, 0.6) is 11.5 Å². The lowest BCUT2D eigenvalue weighted by Gasteiger charge is -2.19. The summed E-state index contributed by atoms with van der Waals surface area (Å²) in [5.74, 6) is 1.86. The van der Waals surface area contributed by atoms with Crippen LogP contribution in [0, 0.1) is 0 Å². The summed E-state index contributed by atoms with van der Waals surface area (Å²) >= 11 is 0. The lowest BCUT2D eigenvalue weighted by molar-refractivity contribution is -0.148. The molecule has 0 saturated carbocycles. The van der Waals surface area contributed by atoms with Crippen LogP contribution in [0.3, 0.4) is 0 Å². The smallest absolute Gasteiger partial charge is 0.306 e. The van der Waals surface area contributed by atoms with Crippen molar-refractivity contribution < 1.29 is 19.0 Å². The molecule has 3 rings (SSSR count). The first-order valence-corrected chi connectivity index (χ1v) is 15.3. The zero-order valence-electron chi connectivity index (χ0n) is 24.7. The Balaban J connectivity index is 1.32. The Kier molecular flexibility index (Phi) is 14.3. The van der Waals surface area contributed by atoms with Gasteiger partial charge in [-0.2, -0.15) is 0 Å². The molecule has 0 N–H and O–H groups in total. The molecule has 0 aromatic heterocycles. The van der Waals surface area contributed by atoms with Gasteiger partial charge in [0.15, 0.2) is 0 Å². The first-order valence-electron chi connectivity index (χ1n) is 15.3. The number of rotatable bonds is 19. The third-order valence-electron chi connectivity index (χ3n) is 7.97. The maximum atomic E-state index is 12.4. The highest BCUT2D eigenvalue weighted by atomic mass is 16.5. The fraction of sp³-hybridized carbons (Fsp3) is 0.618. The molecule has 0 aliphatic carbocycles. The molecular weight excluding hydrogens is 486 g/mol. The third kappa shape index (κ3) is 11.2. The Hall–Kier alpha value is -2.53. The van der Waals surface area contributed by atoms with E-state index in [9.17, 15) is 4.79 Å². The van der Waals surface area contributed by atoms with Gasteiger partial charge in [-0.1, -0.05) is 94.7 Å². The molecule has 1 aliphatic heterocycles. The van der Waals surface area contributed by atoms with Gasteiger partial charge in [0.1, 0.15) is 17.6 Å². The Morgan fingerprint density at radius 1 is 0.846 bits per heavy atom. The number of carbonyl (C=O) groups excluding carboxylic acids is 1. The summed E-state index contributed by atoms with van der Waals surface area (Å²) in [6.45, 7) is 3.72. The number of esters is 1. The SMILES string of the molecule is CCCCCCCCCCCC(=O)O[C@@H]1C[C@@H](CCOc2ccccc2CCc2ccccc2OC)N(C)C1. The van der Waals surface area contributed by atoms with Crippen LogP contribution in [0.4, 0.5) is 0 Å². The predicted octanol–water partition coefficient (Wildman–Crippen LogP) is 7.79. The van der Waals surface area contributed by atoms with Gasteiger partial charge in [-0.25, -0.2) is 0 Å². The summed E-state index contributed by atoms with van der Waals surface area (Å²) in [4.78, 5) is 14.7. The monoisotopic (exact) mass is 537 g/mol. The zero-order chi connectivity index (χ0) is 27.7. The van der Waals surface area contributed by atoms with E-state index in [0.29, 0.717) is 19.1 Å². The molecule has 5 heteroatoms. The van der Waals surface area contributed by atoms with Gasteiger partial charge in [-0.15, -0.1) is 0 Å². The number of methoxy groups -OCH3 is 1. The van der Waals surface area contributed by atoms with Crippen molar-refractivity contribution in [1.82, 2.24) is 4.90 Å². The number of hydrogen-bond donors (Lipinski definition) is 0. The van der Waals surface area contributed by atoms with Crippen LogP contribution in [-0.2, 0) is 22.4 Å². The molecule has 0 amide bonds. The van der Waals surface area contributed by atoms with Gasteiger partial charge in [-0.3, -0.25) is 9.69 Å². The van der Waals surface area contributed by atoms with Crippen molar-refractivity contribution in [2.75, 3.05) is 27.3 Å². The van der Waals surface area contributed by atoms with Crippen molar-refractivity contribution in [1.29, 1.82) is 0 Å². The van der Waals surface area contributed by atoms with E-state index in [1.807, 2.05) is 18.2 Å². The molecular formula is C34H51NO4. The molecule has 1 aliphatic rings. The molecule has 0 bridgehead atoms. The van der Waals surface area contributed by atoms with Gasteiger partial charge in [0.05, 0.1) is 13.7 Å². The molecule has 5 nitrogen and oxygen atoms in total. The minimum Gasteiger partial charge on any atom is -0.496 e. The van der Waals surface area contributed by atoms with E-state index in [2.05, 4.69) is 49.2 Å². The van der Waals surface area contributed by atoms with Crippen molar-refractivity contribution in [3.63, 3.8) is 0 Å². The molecule has 0 radical (unpaired) electrons. The number of benzene rings is 2. The molecule has 1 saturated heterocycles. The Bertz CT molecular complexity index is 962. The van der Waals surface area contributed by atoms with Crippen LogP contribution in [0.2, 0.25) is 0 Å². The van der Waals surface area contributed by atoms with E-state index in [-0.39, 0.29) is 12.1 Å². The average Bonchev–Trinajstić information content (AvgIpc) is 3.29. The summed E-state index contributed by atoms with van der Waals surface area (Å²) in [5, 5.41) is 0. The first kappa shape index (κ1) is 31.0. The van der Waals surface area contributed by atoms with E-state index >= 15 is 0 Å². The number of nitrogens with zero attached hydrogens (tertiary/aromatic N) is 1. The second-order valence-corrected chi connectivity index (χ2v) is 11.1. The predicted molar refractivity (Wildman–Crippen MR) is 160 cm³/mol. The lowest BCUT2D eigenvalue weighted by atomic mass is 10.0. The number of unbranched alkanes of at least 4 members (excludes halogenated alkanes) is 8. The molecule has 39 heavy (non-hydrogen) atoms. The van der Waals surface area contributed by atoms with Crippen LogP contribution < -0.4 is 9.47 Å². The van der Waals surface area contributed by atoms with Crippen LogP contribution in [-0.4, -0.2) is 50.3 Å². The largest absolute Gasteiger partial charge is 0.496 e. The van der Waals surface area contributed by atoms with Crippen molar-refractivity contribution in [2.45, 2.75) is 109 Å². The molecule has 2 atom stereocenters. The Morgan fingerprint density at radius 3 is 2.10 bits per heavy atom. The fourth-order valence-electron chi connectivity index (χ4n) is 5.61. The maximum absolute atomic E-state index is 12.4. The van der Waals surface area contributed by atoms with Crippen LogP contribution in [0.1, 0.15) is 95.1 Å². The molecule has 216 valence electrons. The number of ether oxygens (including phenoxy) is 3. The first-order chi connectivity index (χ1) is 19.1. The van der Waals surface area contributed by atoms with Gasteiger partial charge >= 0.3 is 5.97 Å². The molecule has 0 unspecified atom stereocenters. The van der Waals surface area contributed by atoms with Crippen LogP contribution in [0.15, 0.2) is 48.5 Å². The lowest BCUT2D eigenvalue weighted by Crippen LogP contribution is -2.27. The van der Waals surface area contributed by atoms with E-state index < -0.39 is 0 Å². The quantitative estimate of drug-likeness (QED) is 0.135. The summed E-state index contributed by atoms with van der Waals surface area (Å²) in [7, 11) is 3.85. The zero-order valence-corrected chi connectivity index (χ0v) is 24.7. The second-order valence-electron chi connectivity index (χ2n) is 11.1. The number of aryl methyl sites for hydroxylation is 2. The standard InChI is InChI=1S/C34H51NO4/c1-4-5-6-7-8-9-10-11-12-21-34(36)39-31-26-30(35(2)27-31)24-25-38-33-20-16-14-18-29(33)23-22-28-17-13-15-19-32(28)37-3/h13-20,30-31H,4-12,21-27H2,1-3H3/t30-,31-/m1/s1. The van der Waals surface area contributed by atoms with E-state index in [0.717, 1.165) is 56.6 Å². The number of likely N-dealkylation sites (N-methyl/N-ethyl adjacent to an activating group) is 1. The van der Waals surface area contributed by atoms with E-state index in [1.165, 1.54) is 56.1 Å². The van der Waals surface area contributed by atoms with Gasteiger partial charge in [0.25, 0.3) is 0 Å². The van der Waals surface area contributed by atoms with Gasteiger partial charge in [0.2, 0.25) is 0 Å². The number of likely N-dealkylation sites (tertiary alicyclic amines) is 1. The summed E-state index contributed by atoms with van der Waals surface area (Å²) < 4.78 is 17.6. The Morgan fingerprint density at radius 2 is 1.44 bits per heavy atom. The van der Waals surface area contributed by atoms with Crippen molar-refractivity contribution in [3.8, 4) is 11.5 Å². The molecule has 0 spiro atoms.